The van der Waals surface area contributed by atoms with Gasteiger partial charge in [0.1, 0.15) is 11.6 Å². The zero-order valence-electron chi connectivity index (χ0n) is 11.6. The van der Waals surface area contributed by atoms with Gasteiger partial charge in [-0.2, -0.15) is 4.98 Å². The van der Waals surface area contributed by atoms with Gasteiger partial charge in [-0.15, -0.1) is 0 Å². The summed E-state index contributed by atoms with van der Waals surface area (Å²) in [4.78, 5) is 18.9. The van der Waals surface area contributed by atoms with E-state index in [0.29, 0.717) is 30.5 Å². The second-order valence-electron chi connectivity index (χ2n) is 4.40. The fraction of sp³-hybridized carbons (Fsp3) is 0.615. The molecule has 1 aromatic heterocycles. The third-order valence-electron chi connectivity index (χ3n) is 2.53. The number of hydrogen-bond donors (Lipinski definition) is 2. The van der Waals surface area contributed by atoms with Crippen LogP contribution >= 0.6 is 0 Å². The van der Waals surface area contributed by atoms with Gasteiger partial charge in [-0.3, -0.25) is 4.79 Å². The molecule has 1 rings (SSSR count). The fourth-order valence-corrected chi connectivity index (χ4v) is 1.72. The van der Waals surface area contributed by atoms with Gasteiger partial charge < -0.3 is 15.2 Å². The van der Waals surface area contributed by atoms with Crippen LogP contribution in [0.2, 0.25) is 0 Å². The smallest absolute Gasteiger partial charge is 0.303 e. The van der Waals surface area contributed by atoms with E-state index in [1.165, 1.54) is 0 Å². The number of carbonyl (C=O) groups is 1. The van der Waals surface area contributed by atoms with E-state index < -0.39 is 5.97 Å². The molecule has 19 heavy (non-hydrogen) atoms. The van der Waals surface area contributed by atoms with Crippen molar-refractivity contribution >= 4 is 11.8 Å². The molecule has 0 aliphatic heterocycles. The Hall–Kier alpha value is -1.85. The van der Waals surface area contributed by atoms with Crippen LogP contribution in [0.4, 0.5) is 5.82 Å². The number of carboxylic acids is 1. The minimum atomic E-state index is -0.760. The molecule has 1 aromatic rings. The number of aromatic nitrogens is 2. The first kappa shape index (κ1) is 15.2. The number of ether oxygens (including phenoxy) is 1. The van der Waals surface area contributed by atoms with Gasteiger partial charge in [-0.05, 0) is 33.6 Å². The van der Waals surface area contributed by atoms with Crippen molar-refractivity contribution in [3.05, 3.63) is 11.9 Å². The topological polar surface area (TPSA) is 84.3 Å². The van der Waals surface area contributed by atoms with Crippen LogP contribution in [-0.2, 0) is 4.79 Å². The van der Waals surface area contributed by atoms with Crippen LogP contribution in [0.25, 0.3) is 0 Å². The van der Waals surface area contributed by atoms with E-state index in [-0.39, 0.29) is 12.5 Å². The largest absolute Gasteiger partial charge is 0.481 e. The van der Waals surface area contributed by atoms with Gasteiger partial charge in [0, 0.05) is 18.5 Å². The van der Waals surface area contributed by atoms with E-state index in [1.807, 2.05) is 20.8 Å². The molecule has 1 heterocycles. The zero-order valence-corrected chi connectivity index (χ0v) is 11.6. The summed E-state index contributed by atoms with van der Waals surface area (Å²) in [5.41, 5.74) is 0. The normalized spacial score (nSPS) is 11.9. The maximum absolute atomic E-state index is 10.4. The molecule has 0 aromatic carbocycles. The van der Waals surface area contributed by atoms with Crippen LogP contribution in [0, 0.1) is 6.92 Å². The van der Waals surface area contributed by atoms with Crippen molar-refractivity contribution in [3.63, 3.8) is 0 Å². The number of nitrogens with zero attached hydrogens (tertiary/aromatic N) is 2. The molecule has 0 amide bonds. The first-order chi connectivity index (χ1) is 9.01. The van der Waals surface area contributed by atoms with E-state index in [0.717, 1.165) is 6.42 Å². The standard InChI is InChI=1S/C13H21N3O3/c1-4-19-12-8-11(15-10(3)16-12)14-9(2)6-5-7-13(17)18/h8-9H,4-7H2,1-3H3,(H,17,18)(H,14,15,16). The predicted octanol–water partition coefficient (Wildman–Crippen LogP) is 2.24. The van der Waals surface area contributed by atoms with E-state index in [1.54, 1.807) is 6.07 Å². The summed E-state index contributed by atoms with van der Waals surface area (Å²) in [5.74, 6) is 1.14. The molecule has 1 unspecified atom stereocenters. The molecule has 0 spiro atoms. The van der Waals surface area contributed by atoms with E-state index in [2.05, 4.69) is 15.3 Å². The van der Waals surface area contributed by atoms with Crippen molar-refractivity contribution in [3.8, 4) is 5.88 Å². The Kier molecular flexibility index (Phi) is 6.05. The van der Waals surface area contributed by atoms with E-state index in [4.69, 9.17) is 9.84 Å². The molecule has 0 radical (unpaired) electrons. The molecule has 1 atom stereocenters. The number of carboxylic acid groups (broad SMARTS) is 1. The highest BCUT2D eigenvalue weighted by Gasteiger charge is 2.07. The average Bonchev–Trinajstić information content (AvgIpc) is 2.27. The van der Waals surface area contributed by atoms with Gasteiger partial charge in [-0.25, -0.2) is 4.98 Å². The van der Waals surface area contributed by atoms with Crippen LogP contribution < -0.4 is 10.1 Å². The third-order valence-corrected chi connectivity index (χ3v) is 2.53. The Morgan fingerprint density at radius 1 is 1.53 bits per heavy atom. The molecular formula is C13H21N3O3. The molecule has 0 aliphatic rings. The third kappa shape index (κ3) is 6.03. The molecule has 0 saturated carbocycles. The lowest BCUT2D eigenvalue weighted by Gasteiger charge is -2.15. The molecule has 0 bridgehead atoms. The van der Waals surface area contributed by atoms with Crippen molar-refractivity contribution in [2.45, 2.75) is 46.1 Å². The number of nitrogens with one attached hydrogen (secondary N) is 1. The minimum Gasteiger partial charge on any atom is -0.481 e. The van der Waals surface area contributed by atoms with Gasteiger partial charge in [0.2, 0.25) is 5.88 Å². The van der Waals surface area contributed by atoms with Crippen LogP contribution in [-0.4, -0.2) is 33.7 Å². The van der Waals surface area contributed by atoms with Gasteiger partial charge in [0.25, 0.3) is 0 Å². The Labute approximate surface area is 113 Å². The molecule has 0 aliphatic carbocycles. The van der Waals surface area contributed by atoms with E-state index in [9.17, 15) is 4.79 Å². The van der Waals surface area contributed by atoms with Gasteiger partial charge in [0.15, 0.2) is 0 Å². The monoisotopic (exact) mass is 267 g/mol. The predicted molar refractivity (Wildman–Crippen MR) is 72.5 cm³/mol. The lowest BCUT2D eigenvalue weighted by molar-refractivity contribution is -0.137. The van der Waals surface area contributed by atoms with Crippen molar-refractivity contribution in [1.82, 2.24) is 9.97 Å². The summed E-state index contributed by atoms with van der Waals surface area (Å²) in [7, 11) is 0. The number of aliphatic carboxylic acids is 1. The highest BCUT2D eigenvalue weighted by Crippen LogP contribution is 2.15. The summed E-state index contributed by atoms with van der Waals surface area (Å²) in [5, 5.41) is 11.8. The van der Waals surface area contributed by atoms with Crippen LogP contribution in [0.15, 0.2) is 6.07 Å². The molecule has 106 valence electrons. The SMILES string of the molecule is CCOc1cc(NC(C)CCCC(=O)O)nc(C)n1. The molecular weight excluding hydrogens is 246 g/mol. The van der Waals surface area contributed by atoms with Crippen molar-refractivity contribution in [2.75, 3.05) is 11.9 Å². The van der Waals surface area contributed by atoms with E-state index >= 15 is 0 Å². The molecule has 0 fully saturated rings. The highest BCUT2D eigenvalue weighted by molar-refractivity contribution is 5.66. The Morgan fingerprint density at radius 2 is 2.26 bits per heavy atom. The zero-order chi connectivity index (χ0) is 14.3. The maximum atomic E-state index is 10.4. The summed E-state index contributed by atoms with van der Waals surface area (Å²) in [6.45, 7) is 6.27. The van der Waals surface area contributed by atoms with Gasteiger partial charge in [-0.1, -0.05) is 0 Å². The van der Waals surface area contributed by atoms with Crippen LogP contribution in [0.5, 0.6) is 5.88 Å². The van der Waals surface area contributed by atoms with Crippen LogP contribution in [0.3, 0.4) is 0 Å². The molecule has 6 heteroatoms. The molecule has 6 nitrogen and oxygen atoms in total. The first-order valence-corrected chi connectivity index (χ1v) is 6.48. The molecule has 0 saturated heterocycles. The maximum Gasteiger partial charge on any atom is 0.303 e. The average molecular weight is 267 g/mol. The highest BCUT2D eigenvalue weighted by atomic mass is 16.5. The molecule has 2 N–H and O–H groups in total. The second kappa shape index (κ2) is 7.56. The van der Waals surface area contributed by atoms with Gasteiger partial charge in [0.05, 0.1) is 6.61 Å². The number of rotatable bonds is 8. The van der Waals surface area contributed by atoms with Crippen molar-refractivity contribution in [2.24, 2.45) is 0 Å². The van der Waals surface area contributed by atoms with Gasteiger partial charge >= 0.3 is 5.97 Å². The lowest BCUT2D eigenvalue weighted by Crippen LogP contribution is -2.17. The first-order valence-electron chi connectivity index (χ1n) is 6.48. The Bertz CT molecular complexity index is 424. The number of anilines is 1. The second-order valence-corrected chi connectivity index (χ2v) is 4.40. The quantitative estimate of drug-likeness (QED) is 0.751. The van der Waals surface area contributed by atoms with Crippen molar-refractivity contribution in [1.29, 1.82) is 0 Å². The summed E-state index contributed by atoms with van der Waals surface area (Å²) in [6.07, 6.45) is 1.62. The lowest BCUT2D eigenvalue weighted by atomic mass is 10.1. The van der Waals surface area contributed by atoms with Crippen molar-refractivity contribution < 1.29 is 14.6 Å². The Balaban J connectivity index is 2.53. The summed E-state index contributed by atoms with van der Waals surface area (Å²) >= 11 is 0. The summed E-state index contributed by atoms with van der Waals surface area (Å²) < 4.78 is 5.35. The number of aryl methyl sites for hydroxylation is 1. The fourth-order valence-electron chi connectivity index (χ4n) is 1.72. The Morgan fingerprint density at radius 3 is 2.89 bits per heavy atom. The van der Waals surface area contributed by atoms with Crippen LogP contribution in [0.1, 0.15) is 38.9 Å². The number of hydrogen-bond acceptors (Lipinski definition) is 5. The minimum absolute atomic E-state index is 0.156. The summed E-state index contributed by atoms with van der Waals surface area (Å²) in [6, 6.07) is 1.91.